The second kappa shape index (κ2) is 5.34. The zero-order chi connectivity index (χ0) is 11.4. The van der Waals surface area contributed by atoms with Crippen LogP contribution in [0.2, 0.25) is 0 Å². The van der Waals surface area contributed by atoms with Gasteiger partial charge in [0.15, 0.2) is 0 Å². The summed E-state index contributed by atoms with van der Waals surface area (Å²) in [5.74, 6) is 0.720. The molecule has 1 N–H and O–H groups in total. The minimum absolute atomic E-state index is 0.0488. The number of rotatable bonds is 3. The van der Waals surface area contributed by atoms with Crippen molar-refractivity contribution < 1.29 is 4.79 Å². The van der Waals surface area contributed by atoms with Gasteiger partial charge in [-0.1, -0.05) is 13.0 Å². The first-order valence-corrected chi connectivity index (χ1v) is 6.24. The van der Waals surface area contributed by atoms with E-state index in [0.29, 0.717) is 0 Å². The number of piperazine rings is 1. The van der Waals surface area contributed by atoms with Crippen LogP contribution in [0.4, 0.5) is 4.79 Å². The van der Waals surface area contributed by atoms with Crippen LogP contribution in [0.25, 0.3) is 0 Å². The monoisotopic (exact) mass is 223 g/mol. The summed E-state index contributed by atoms with van der Waals surface area (Å²) in [5, 5.41) is 2.84. The summed E-state index contributed by atoms with van der Waals surface area (Å²) in [6, 6.07) is 0.0488. The molecule has 2 rings (SSSR count). The summed E-state index contributed by atoms with van der Waals surface area (Å²) < 4.78 is 0. The van der Waals surface area contributed by atoms with Crippen molar-refractivity contribution in [2.45, 2.75) is 19.8 Å². The molecule has 0 atom stereocenters. The molecular weight excluding hydrogens is 202 g/mol. The Labute approximate surface area is 97.3 Å². The van der Waals surface area contributed by atoms with Gasteiger partial charge in [0.2, 0.25) is 0 Å². The molecule has 1 saturated heterocycles. The highest BCUT2D eigenvalue weighted by Crippen LogP contribution is 2.29. The molecule has 1 aliphatic heterocycles. The lowest BCUT2D eigenvalue weighted by Crippen LogP contribution is -2.50. The number of allylic oxidation sites excluding steroid dienone is 1. The molecule has 0 bridgehead atoms. The Morgan fingerprint density at radius 1 is 1.31 bits per heavy atom. The van der Waals surface area contributed by atoms with Crippen LogP contribution in [0.15, 0.2) is 12.3 Å². The number of hydrogen-bond donors (Lipinski definition) is 1. The zero-order valence-electron chi connectivity index (χ0n) is 9.98. The van der Waals surface area contributed by atoms with Crippen LogP contribution >= 0.6 is 0 Å². The van der Waals surface area contributed by atoms with Crippen molar-refractivity contribution in [2.75, 3.05) is 32.7 Å². The Kier molecular flexibility index (Phi) is 3.83. The molecule has 1 saturated carbocycles. The van der Waals surface area contributed by atoms with Crippen molar-refractivity contribution >= 4 is 6.03 Å². The summed E-state index contributed by atoms with van der Waals surface area (Å²) in [4.78, 5) is 16.0. The van der Waals surface area contributed by atoms with Crippen LogP contribution in [-0.4, -0.2) is 48.6 Å². The molecule has 0 spiro atoms. The Hall–Kier alpha value is -1.03. The van der Waals surface area contributed by atoms with E-state index < -0.39 is 0 Å². The van der Waals surface area contributed by atoms with Gasteiger partial charge in [0.05, 0.1) is 0 Å². The molecule has 4 heteroatoms. The zero-order valence-corrected chi connectivity index (χ0v) is 9.98. The molecule has 0 aromatic rings. The Bertz CT molecular complexity index is 265. The fourth-order valence-corrected chi connectivity index (χ4v) is 1.90. The minimum atomic E-state index is 0.0488. The number of nitrogens with zero attached hydrogens (tertiary/aromatic N) is 2. The Balaban J connectivity index is 1.68. The molecule has 0 radical (unpaired) electrons. The van der Waals surface area contributed by atoms with Crippen LogP contribution in [-0.2, 0) is 0 Å². The smallest absolute Gasteiger partial charge is 0.321 e. The maximum absolute atomic E-state index is 11.7. The highest BCUT2D eigenvalue weighted by atomic mass is 16.2. The number of hydrogen-bond acceptors (Lipinski definition) is 2. The van der Waals surface area contributed by atoms with E-state index in [2.05, 4.69) is 23.2 Å². The molecule has 90 valence electrons. The standard InChI is InChI=1S/C12H21N3O/c1-2-14-7-9-15(10-8-14)12(16)13-6-5-11-3-4-11/h5-6,11H,2-4,7-10H2,1H3,(H,13,16)/b6-5+. The number of nitrogens with one attached hydrogen (secondary N) is 1. The minimum Gasteiger partial charge on any atom is -0.322 e. The fraction of sp³-hybridized carbons (Fsp3) is 0.750. The molecule has 16 heavy (non-hydrogen) atoms. The third-order valence-corrected chi connectivity index (χ3v) is 3.30. The van der Waals surface area contributed by atoms with Crippen LogP contribution in [0.3, 0.4) is 0 Å². The number of urea groups is 1. The van der Waals surface area contributed by atoms with Gasteiger partial charge in [-0.25, -0.2) is 4.79 Å². The molecule has 1 heterocycles. The lowest BCUT2D eigenvalue weighted by molar-refractivity contribution is 0.145. The van der Waals surface area contributed by atoms with Gasteiger partial charge in [-0.3, -0.25) is 0 Å². The molecule has 0 aromatic heterocycles. The number of carbonyl (C=O) groups excluding carboxylic acids is 1. The highest BCUT2D eigenvalue weighted by molar-refractivity contribution is 5.75. The molecule has 2 fully saturated rings. The summed E-state index contributed by atoms with van der Waals surface area (Å²) in [5.41, 5.74) is 0. The second-order valence-electron chi connectivity index (χ2n) is 4.57. The number of likely N-dealkylation sites (N-methyl/N-ethyl adjacent to an activating group) is 1. The lowest BCUT2D eigenvalue weighted by Gasteiger charge is -2.33. The van der Waals surface area contributed by atoms with Gasteiger partial charge in [-0.2, -0.15) is 0 Å². The summed E-state index contributed by atoms with van der Waals surface area (Å²) >= 11 is 0. The molecule has 4 nitrogen and oxygen atoms in total. The van der Waals surface area contributed by atoms with E-state index >= 15 is 0 Å². The maximum atomic E-state index is 11.7. The lowest BCUT2D eigenvalue weighted by atomic mass is 10.3. The molecular formula is C12H21N3O. The molecule has 1 aliphatic carbocycles. The third-order valence-electron chi connectivity index (χ3n) is 3.30. The van der Waals surface area contributed by atoms with E-state index in [9.17, 15) is 4.79 Å². The van der Waals surface area contributed by atoms with Crippen molar-refractivity contribution in [3.8, 4) is 0 Å². The van der Waals surface area contributed by atoms with E-state index in [0.717, 1.165) is 38.6 Å². The quantitative estimate of drug-likeness (QED) is 0.782. The van der Waals surface area contributed by atoms with E-state index in [1.807, 2.05) is 11.1 Å². The number of amides is 2. The third kappa shape index (κ3) is 3.23. The highest BCUT2D eigenvalue weighted by Gasteiger charge is 2.20. The van der Waals surface area contributed by atoms with E-state index in [4.69, 9.17) is 0 Å². The first-order chi connectivity index (χ1) is 7.79. The van der Waals surface area contributed by atoms with Crippen molar-refractivity contribution in [1.29, 1.82) is 0 Å². The van der Waals surface area contributed by atoms with Crippen molar-refractivity contribution in [2.24, 2.45) is 5.92 Å². The fourth-order valence-electron chi connectivity index (χ4n) is 1.90. The Morgan fingerprint density at radius 3 is 2.56 bits per heavy atom. The topological polar surface area (TPSA) is 35.6 Å². The van der Waals surface area contributed by atoms with Gasteiger partial charge in [0.1, 0.15) is 0 Å². The van der Waals surface area contributed by atoms with E-state index in [1.54, 1.807) is 0 Å². The largest absolute Gasteiger partial charge is 0.322 e. The van der Waals surface area contributed by atoms with E-state index in [-0.39, 0.29) is 6.03 Å². The SMILES string of the molecule is CCN1CCN(C(=O)N/C=C/C2CC2)CC1. The van der Waals surface area contributed by atoms with Gasteiger partial charge in [0, 0.05) is 32.4 Å². The maximum Gasteiger partial charge on any atom is 0.321 e. The Morgan fingerprint density at radius 2 is 2.00 bits per heavy atom. The van der Waals surface area contributed by atoms with Gasteiger partial charge < -0.3 is 15.1 Å². The van der Waals surface area contributed by atoms with Crippen LogP contribution in [0.1, 0.15) is 19.8 Å². The van der Waals surface area contributed by atoms with Crippen molar-refractivity contribution in [3.63, 3.8) is 0 Å². The molecule has 2 amide bonds. The first-order valence-electron chi connectivity index (χ1n) is 6.24. The predicted octanol–water partition coefficient (Wildman–Crippen LogP) is 1.26. The second-order valence-corrected chi connectivity index (χ2v) is 4.57. The molecule has 0 unspecified atom stereocenters. The van der Waals surface area contributed by atoms with Crippen LogP contribution < -0.4 is 5.32 Å². The molecule has 2 aliphatic rings. The average molecular weight is 223 g/mol. The van der Waals surface area contributed by atoms with E-state index in [1.165, 1.54) is 12.8 Å². The summed E-state index contributed by atoms with van der Waals surface area (Å²) in [6.45, 7) is 6.92. The van der Waals surface area contributed by atoms with Gasteiger partial charge >= 0.3 is 6.03 Å². The molecule has 0 aromatic carbocycles. The van der Waals surface area contributed by atoms with Crippen LogP contribution in [0, 0.1) is 5.92 Å². The normalized spacial score (nSPS) is 22.7. The summed E-state index contributed by atoms with van der Waals surface area (Å²) in [7, 11) is 0. The van der Waals surface area contributed by atoms with Crippen LogP contribution in [0.5, 0.6) is 0 Å². The van der Waals surface area contributed by atoms with Gasteiger partial charge in [-0.15, -0.1) is 0 Å². The predicted molar refractivity (Wildman–Crippen MR) is 64.1 cm³/mol. The number of carbonyl (C=O) groups is 1. The summed E-state index contributed by atoms with van der Waals surface area (Å²) in [6.07, 6.45) is 6.47. The van der Waals surface area contributed by atoms with Gasteiger partial charge in [0.25, 0.3) is 0 Å². The first kappa shape index (κ1) is 11.5. The van der Waals surface area contributed by atoms with Crippen molar-refractivity contribution in [3.05, 3.63) is 12.3 Å². The van der Waals surface area contributed by atoms with Gasteiger partial charge in [-0.05, 0) is 25.3 Å². The average Bonchev–Trinajstić information content (AvgIpc) is 3.13. The van der Waals surface area contributed by atoms with Crippen molar-refractivity contribution in [1.82, 2.24) is 15.1 Å².